The second kappa shape index (κ2) is 4.92. The molecule has 1 heterocycles. The number of aliphatic hydroxyl groups is 1. The third-order valence-electron chi connectivity index (χ3n) is 2.85. The SMILES string of the molecule is OC1(Cc2cccc(Cl)c2Cl)CCCOC1. The number of hydrogen-bond donors (Lipinski definition) is 1. The highest BCUT2D eigenvalue weighted by atomic mass is 35.5. The maximum absolute atomic E-state index is 10.3. The lowest BCUT2D eigenvalue weighted by Gasteiger charge is -2.32. The third kappa shape index (κ3) is 2.69. The smallest absolute Gasteiger partial charge is 0.0921 e. The van der Waals surface area contributed by atoms with E-state index in [0.717, 1.165) is 25.0 Å². The lowest BCUT2D eigenvalue weighted by Crippen LogP contribution is -2.40. The number of ether oxygens (including phenoxy) is 1. The van der Waals surface area contributed by atoms with Crippen LogP contribution in [0, 0.1) is 0 Å². The Morgan fingerprint density at radius 1 is 1.38 bits per heavy atom. The topological polar surface area (TPSA) is 29.5 Å². The standard InChI is InChI=1S/C12H14Cl2O2/c13-10-4-1-3-9(11(10)14)7-12(15)5-2-6-16-8-12/h1,3-4,15H,2,5-8H2. The summed E-state index contributed by atoms with van der Waals surface area (Å²) in [7, 11) is 0. The molecule has 1 aliphatic rings. The van der Waals surface area contributed by atoms with E-state index in [9.17, 15) is 5.11 Å². The minimum absolute atomic E-state index is 0.371. The maximum atomic E-state index is 10.3. The fourth-order valence-corrected chi connectivity index (χ4v) is 2.40. The van der Waals surface area contributed by atoms with E-state index in [2.05, 4.69) is 0 Å². The molecule has 2 rings (SSSR count). The number of benzene rings is 1. The highest BCUT2D eigenvalue weighted by Crippen LogP contribution is 2.31. The zero-order valence-corrected chi connectivity index (χ0v) is 10.4. The highest BCUT2D eigenvalue weighted by molar-refractivity contribution is 6.42. The fraction of sp³-hybridized carbons (Fsp3) is 0.500. The van der Waals surface area contributed by atoms with Gasteiger partial charge in [0.25, 0.3) is 0 Å². The Bertz CT molecular complexity index is 373. The molecule has 0 aliphatic carbocycles. The molecule has 1 unspecified atom stereocenters. The molecule has 0 bridgehead atoms. The van der Waals surface area contributed by atoms with Gasteiger partial charge in [0.15, 0.2) is 0 Å². The number of halogens is 2. The summed E-state index contributed by atoms with van der Waals surface area (Å²) in [6.07, 6.45) is 2.12. The van der Waals surface area contributed by atoms with E-state index in [0.29, 0.717) is 23.1 Å². The van der Waals surface area contributed by atoms with E-state index >= 15 is 0 Å². The van der Waals surface area contributed by atoms with Gasteiger partial charge < -0.3 is 9.84 Å². The summed E-state index contributed by atoms with van der Waals surface area (Å²) in [5.41, 5.74) is 0.0780. The molecule has 0 saturated carbocycles. The van der Waals surface area contributed by atoms with Gasteiger partial charge in [0.2, 0.25) is 0 Å². The van der Waals surface area contributed by atoms with Gasteiger partial charge in [0.05, 0.1) is 22.3 Å². The van der Waals surface area contributed by atoms with Crippen LogP contribution in [0.1, 0.15) is 18.4 Å². The van der Waals surface area contributed by atoms with Crippen LogP contribution >= 0.6 is 23.2 Å². The van der Waals surface area contributed by atoms with Gasteiger partial charge in [-0.05, 0) is 24.5 Å². The van der Waals surface area contributed by atoms with E-state index in [4.69, 9.17) is 27.9 Å². The molecular formula is C12H14Cl2O2. The summed E-state index contributed by atoms with van der Waals surface area (Å²) >= 11 is 12.0. The molecule has 0 amide bonds. The van der Waals surface area contributed by atoms with E-state index in [-0.39, 0.29) is 0 Å². The summed E-state index contributed by atoms with van der Waals surface area (Å²) in [6.45, 7) is 1.10. The van der Waals surface area contributed by atoms with Gasteiger partial charge in [-0.15, -0.1) is 0 Å². The van der Waals surface area contributed by atoms with E-state index in [1.54, 1.807) is 6.07 Å². The van der Waals surface area contributed by atoms with Crippen molar-refractivity contribution >= 4 is 23.2 Å². The van der Waals surface area contributed by atoms with Crippen molar-refractivity contribution in [2.75, 3.05) is 13.2 Å². The fourth-order valence-electron chi connectivity index (χ4n) is 2.02. The molecule has 1 aromatic carbocycles. The molecular weight excluding hydrogens is 247 g/mol. The molecule has 1 aromatic rings. The first-order chi connectivity index (χ1) is 7.61. The van der Waals surface area contributed by atoms with Crippen LogP contribution in [0.2, 0.25) is 10.0 Å². The first-order valence-electron chi connectivity index (χ1n) is 5.34. The van der Waals surface area contributed by atoms with Crippen molar-refractivity contribution < 1.29 is 9.84 Å². The second-order valence-corrected chi connectivity index (χ2v) is 5.06. The van der Waals surface area contributed by atoms with Crippen LogP contribution in [0.5, 0.6) is 0 Å². The molecule has 2 nitrogen and oxygen atoms in total. The molecule has 1 aliphatic heterocycles. The van der Waals surface area contributed by atoms with Crippen LogP contribution < -0.4 is 0 Å². The average molecular weight is 261 g/mol. The van der Waals surface area contributed by atoms with Gasteiger partial charge in [0.1, 0.15) is 0 Å². The van der Waals surface area contributed by atoms with Crippen LogP contribution in [0.25, 0.3) is 0 Å². The summed E-state index contributed by atoms with van der Waals surface area (Å²) in [6, 6.07) is 5.48. The molecule has 0 aromatic heterocycles. The first-order valence-corrected chi connectivity index (χ1v) is 6.09. The van der Waals surface area contributed by atoms with Gasteiger partial charge in [0, 0.05) is 13.0 Å². The van der Waals surface area contributed by atoms with E-state index in [1.807, 2.05) is 12.1 Å². The first kappa shape index (κ1) is 12.2. The monoisotopic (exact) mass is 260 g/mol. The Hall–Kier alpha value is -0.280. The summed E-state index contributed by atoms with van der Waals surface area (Å²) < 4.78 is 5.30. The minimum Gasteiger partial charge on any atom is -0.387 e. The number of rotatable bonds is 2. The molecule has 0 spiro atoms. The largest absolute Gasteiger partial charge is 0.387 e. The van der Waals surface area contributed by atoms with Crippen molar-refractivity contribution in [3.05, 3.63) is 33.8 Å². The Labute approximate surface area is 105 Å². The van der Waals surface area contributed by atoms with Crippen LogP contribution in [0.15, 0.2) is 18.2 Å². The van der Waals surface area contributed by atoms with Crippen LogP contribution in [0.4, 0.5) is 0 Å². The second-order valence-electron chi connectivity index (χ2n) is 4.27. The zero-order chi connectivity index (χ0) is 11.6. The Morgan fingerprint density at radius 3 is 2.88 bits per heavy atom. The number of hydrogen-bond acceptors (Lipinski definition) is 2. The van der Waals surface area contributed by atoms with Gasteiger partial charge >= 0.3 is 0 Å². The van der Waals surface area contributed by atoms with Crippen LogP contribution in [-0.2, 0) is 11.2 Å². The predicted molar refractivity (Wildman–Crippen MR) is 65.2 cm³/mol. The van der Waals surface area contributed by atoms with Gasteiger partial charge in [-0.25, -0.2) is 0 Å². The van der Waals surface area contributed by atoms with Crippen LogP contribution in [0.3, 0.4) is 0 Å². The molecule has 88 valence electrons. The highest BCUT2D eigenvalue weighted by Gasteiger charge is 2.31. The molecule has 0 radical (unpaired) electrons. The van der Waals surface area contributed by atoms with Crippen molar-refractivity contribution in [1.82, 2.24) is 0 Å². The Morgan fingerprint density at radius 2 is 2.19 bits per heavy atom. The van der Waals surface area contributed by atoms with Gasteiger partial charge in [-0.1, -0.05) is 35.3 Å². The quantitative estimate of drug-likeness (QED) is 0.886. The van der Waals surface area contributed by atoms with Crippen molar-refractivity contribution in [3.63, 3.8) is 0 Å². The Balaban J connectivity index is 2.16. The third-order valence-corrected chi connectivity index (χ3v) is 3.71. The minimum atomic E-state index is -0.799. The molecule has 1 atom stereocenters. The van der Waals surface area contributed by atoms with E-state index < -0.39 is 5.60 Å². The normalized spacial score (nSPS) is 25.7. The van der Waals surface area contributed by atoms with Gasteiger partial charge in [-0.2, -0.15) is 0 Å². The molecule has 16 heavy (non-hydrogen) atoms. The van der Waals surface area contributed by atoms with Crippen molar-refractivity contribution in [2.24, 2.45) is 0 Å². The molecule has 4 heteroatoms. The van der Waals surface area contributed by atoms with Crippen molar-refractivity contribution in [3.8, 4) is 0 Å². The predicted octanol–water partition coefficient (Wildman–Crippen LogP) is 3.08. The van der Waals surface area contributed by atoms with Gasteiger partial charge in [-0.3, -0.25) is 0 Å². The lowest BCUT2D eigenvalue weighted by molar-refractivity contribution is -0.0844. The zero-order valence-electron chi connectivity index (χ0n) is 8.88. The van der Waals surface area contributed by atoms with Crippen molar-refractivity contribution in [2.45, 2.75) is 24.9 Å². The summed E-state index contributed by atoms with van der Waals surface area (Å²) in [5, 5.41) is 11.4. The van der Waals surface area contributed by atoms with Crippen LogP contribution in [-0.4, -0.2) is 23.9 Å². The summed E-state index contributed by atoms with van der Waals surface area (Å²) in [5.74, 6) is 0. The lowest BCUT2D eigenvalue weighted by atomic mass is 9.89. The average Bonchev–Trinajstić information content (AvgIpc) is 2.26. The maximum Gasteiger partial charge on any atom is 0.0921 e. The summed E-state index contributed by atoms with van der Waals surface area (Å²) in [4.78, 5) is 0. The molecule has 1 fully saturated rings. The van der Waals surface area contributed by atoms with E-state index in [1.165, 1.54) is 0 Å². The Kier molecular flexibility index (Phi) is 3.75. The van der Waals surface area contributed by atoms with Crippen molar-refractivity contribution in [1.29, 1.82) is 0 Å². The molecule has 1 saturated heterocycles. The molecule has 1 N–H and O–H groups in total.